The molecule has 5 fully saturated rings. The van der Waals surface area contributed by atoms with Gasteiger partial charge < -0.3 is 9.84 Å². The molecule has 4 saturated carbocycles. The maximum absolute atomic E-state index is 13.4. The van der Waals surface area contributed by atoms with Crippen LogP contribution in [0.2, 0.25) is 0 Å². The van der Waals surface area contributed by atoms with Gasteiger partial charge in [0.2, 0.25) is 0 Å². The van der Waals surface area contributed by atoms with E-state index in [4.69, 9.17) is 4.74 Å². The molecule has 0 unspecified atom stereocenters. The van der Waals surface area contributed by atoms with E-state index in [1.54, 1.807) is 24.3 Å². The average molecular weight is 551 g/mol. The third-order valence-electron chi connectivity index (χ3n) is 8.47. The van der Waals surface area contributed by atoms with Gasteiger partial charge in [-0.15, -0.1) is 0 Å². The second-order valence-corrected chi connectivity index (χ2v) is 11.7. The van der Waals surface area contributed by atoms with E-state index in [1.807, 2.05) is 12.1 Å². The first-order chi connectivity index (χ1) is 17.3. The van der Waals surface area contributed by atoms with E-state index in [0.717, 1.165) is 22.7 Å². The van der Waals surface area contributed by atoms with Crippen LogP contribution in [0.4, 0.5) is 10.5 Å². The number of anilines is 1. The smallest absolute Gasteiger partial charge is 0.335 e. The van der Waals surface area contributed by atoms with Crippen molar-refractivity contribution in [3.63, 3.8) is 0 Å². The Kier molecular flexibility index (Phi) is 5.48. The molecule has 2 aromatic carbocycles. The van der Waals surface area contributed by atoms with E-state index in [-0.39, 0.29) is 28.1 Å². The van der Waals surface area contributed by atoms with Crippen molar-refractivity contribution >= 4 is 45.5 Å². The first kappa shape index (κ1) is 23.3. The minimum absolute atomic E-state index is 0.188. The molecule has 8 heteroatoms. The van der Waals surface area contributed by atoms with Gasteiger partial charge in [0.05, 0.1) is 12.8 Å². The lowest BCUT2D eigenvalue weighted by Gasteiger charge is -2.57. The molecule has 1 saturated heterocycles. The van der Waals surface area contributed by atoms with Crippen molar-refractivity contribution in [1.82, 2.24) is 5.32 Å². The zero-order chi connectivity index (χ0) is 25.2. The monoisotopic (exact) mass is 550 g/mol. The Labute approximate surface area is 217 Å². The Morgan fingerprint density at radius 1 is 1.03 bits per heavy atom. The van der Waals surface area contributed by atoms with Gasteiger partial charge >= 0.3 is 6.03 Å². The number of nitrogens with one attached hydrogen (secondary N) is 1. The molecule has 1 aliphatic heterocycles. The fraction of sp³-hybridized carbons (Fsp3) is 0.393. The van der Waals surface area contributed by atoms with E-state index < -0.39 is 17.8 Å². The van der Waals surface area contributed by atoms with Crippen molar-refractivity contribution in [2.24, 2.45) is 17.8 Å². The number of carbonyl (C=O) groups is 3. The van der Waals surface area contributed by atoms with Gasteiger partial charge in [0, 0.05) is 10.0 Å². The predicted octanol–water partition coefficient (Wildman–Crippen LogP) is 5.30. The SMILES string of the molecule is COc1cc(Br)cc(/C=C2\C(=O)NC(=O)N(c3ccc(C45CC6CC(CC(C6)C4)C5)cc3)C2=O)c1O. The molecule has 0 spiro atoms. The zero-order valence-electron chi connectivity index (χ0n) is 19.9. The third-order valence-corrected chi connectivity index (χ3v) is 8.92. The summed E-state index contributed by atoms with van der Waals surface area (Å²) in [6, 6.07) is 10.0. The number of carbonyl (C=O) groups excluding carboxylic acids is 3. The van der Waals surface area contributed by atoms with Gasteiger partial charge in [-0.25, -0.2) is 9.69 Å². The van der Waals surface area contributed by atoms with Gasteiger partial charge in [0.15, 0.2) is 11.5 Å². The number of nitrogens with zero attached hydrogens (tertiary/aromatic N) is 1. The maximum atomic E-state index is 13.4. The number of barbiturate groups is 1. The Bertz CT molecular complexity index is 1280. The molecule has 36 heavy (non-hydrogen) atoms. The fourth-order valence-electron chi connectivity index (χ4n) is 7.34. The molecular formula is C28H27BrN2O5. The lowest BCUT2D eigenvalue weighted by Crippen LogP contribution is -2.54. The third kappa shape index (κ3) is 3.74. The number of rotatable bonds is 4. The normalized spacial score (nSPS) is 30.2. The molecule has 1 heterocycles. The van der Waals surface area contributed by atoms with Crippen LogP contribution in [0.3, 0.4) is 0 Å². The van der Waals surface area contributed by atoms with Crippen LogP contribution >= 0.6 is 15.9 Å². The van der Waals surface area contributed by atoms with Crippen LogP contribution in [0.1, 0.15) is 49.7 Å². The van der Waals surface area contributed by atoms with Gasteiger partial charge in [0.25, 0.3) is 11.8 Å². The molecule has 0 atom stereocenters. The Balaban J connectivity index is 1.31. The lowest BCUT2D eigenvalue weighted by atomic mass is 9.48. The number of amides is 4. The molecule has 7 nitrogen and oxygen atoms in total. The van der Waals surface area contributed by atoms with Crippen LogP contribution < -0.4 is 15.0 Å². The summed E-state index contributed by atoms with van der Waals surface area (Å²) in [7, 11) is 1.41. The van der Waals surface area contributed by atoms with Crippen molar-refractivity contribution < 1.29 is 24.2 Å². The molecule has 5 aliphatic rings. The number of imide groups is 2. The van der Waals surface area contributed by atoms with Crippen molar-refractivity contribution in [3.05, 3.63) is 57.6 Å². The number of hydrogen-bond acceptors (Lipinski definition) is 5. The number of urea groups is 1. The summed E-state index contributed by atoms with van der Waals surface area (Å²) in [5.74, 6) is 0.867. The summed E-state index contributed by atoms with van der Waals surface area (Å²) < 4.78 is 5.75. The summed E-state index contributed by atoms with van der Waals surface area (Å²) in [5.41, 5.74) is 1.86. The molecule has 2 N–H and O–H groups in total. The van der Waals surface area contributed by atoms with E-state index in [2.05, 4.69) is 21.2 Å². The Hall–Kier alpha value is -3.13. The molecular weight excluding hydrogens is 524 g/mol. The van der Waals surface area contributed by atoms with Crippen LogP contribution in [0, 0.1) is 17.8 Å². The lowest BCUT2D eigenvalue weighted by molar-refractivity contribution is -0.122. The van der Waals surface area contributed by atoms with E-state index in [9.17, 15) is 19.5 Å². The highest BCUT2D eigenvalue weighted by Crippen LogP contribution is 2.60. The minimum Gasteiger partial charge on any atom is -0.504 e. The van der Waals surface area contributed by atoms with Crippen LogP contribution in [0.15, 0.2) is 46.4 Å². The van der Waals surface area contributed by atoms with Crippen LogP contribution in [0.5, 0.6) is 11.5 Å². The van der Waals surface area contributed by atoms with Gasteiger partial charge in [0.1, 0.15) is 5.57 Å². The summed E-state index contributed by atoms with van der Waals surface area (Å²) >= 11 is 3.33. The second-order valence-electron chi connectivity index (χ2n) is 10.7. The summed E-state index contributed by atoms with van der Waals surface area (Å²) in [5, 5.41) is 12.7. The van der Waals surface area contributed by atoms with E-state index >= 15 is 0 Å². The Morgan fingerprint density at radius 2 is 1.64 bits per heavy atom. The number of phenolic OH excluding ortho intramolecular Hbond substituents is 1. The summed E-state index contributed by atoms with van der Waals surface area (Å²) in [6.45, 7) is 0. The standard InChI is InChI=1S/C28H27BrN2O5/c1-36-23-11-20(29)9-18(24(23)32)10-22-25(33)30-27(35)31(26(22)34)21-4-2-19(3-5-21)28-12-15-6-16(13-28)8-17(7-15)14-28/h2-5,9-11,15-17,32H,6-8,12-14H2,1H3,(H,30,33,35)/b22-10+. The van der Waals surface area contributed by atoms with Crippen molar-refractivity contribution in [3.8, 4) is 11.5 Å². The van der Waals surface area contributed by atoms with Crippen molar-refractivity contribution in [1.29, 1.82) is 0 Å². The number of phenols is 1. The molecule has 0 radical (unpaired) electrons. The number of methoxy groups -OCH3 is 1. The molecule has 4 amide bonds. The van der Waals surface area contributed by atoms with Crippen molar-refractivity contribution in [2.45, 2.75) is 43.9 Å². The minimum atomic E-state index is -0.815. The van der Waals surface area contributed by atoms with Gasteiger partial charge in [-0.05, 0) is 97.6 Å². The first-order valence-corrected chi connectivity index (χ1v) is 13.1. The quantitative estimate of drug-likeness (QED) is 0.398. The van der Waals surface area contributed by atoms with E-state index in [1.165, 1.54) is 57.3 Å². The van der Waals surface area contributed by atoms with Crippen LogP contribution in [0.25, 0.3) is 6.08 Å². The van der Waals surface area contributed by atoms with E-state index in [0.29, 0.717) is 10.2 Å². The summed E-state index contributed by atoms with van der Waals surface area (Å²) in [4.78, 5) is 39.6. The average Bonchev–Trinajstić information content (AvgIpc) is 2.83. The number of halogens is 1. The van der Waals surface area contributed by atoms with Gasteiger partial charge in [-0.2, -0.15) is 0 Å². The first-order valence-electron chi connectivity index (χ1n) is 12.3. The highest BCUT2D eigenvalue weighted by atomic mass is 79.9. The predicted molar refractivity (Wildman–Crippen MR) is 138 cm³/mol. The fourth-order valence-corrected chi connectivity index (χ4v) is 7.79. The molecule has 186 valence electrons. The second kappa shape index (κ2) is 8.47. The van der Waals surface area contributed by atoms with Gasteiger partial charge in [-0.3, -0.25) is 14.9 Å². The molecule has 0 aromatic heterocycles. The molecule has 2 aromatic rings. The maximum Gasteiger partial charge on any atom is 0.335 e. The molecule has 7 rings (SSSR count). The summed E-state index contributed by atoms with van der Waals surface area (Å²) in [6.07, 6.45) is 9.03. The topological polar surface area (TPSA) is 95.9 Å². The van der Waals surface area contributed by atoms with Crippen LogP contribution in [-0.4, -0.2) is 30.1 Å². The highest BCUT2D eigenvalue weighted by molar-refractivity contribution is 9.10. The number of benzene rings is 2. The zero-order valence-corrected chi connectivity index (χ0v) is 21.5. The molecule has 4 aliphatic carbocycles. The van der Waals surface area contributed by atoms with Gasteiger partial charge in [-0.1, -0.05) is 28.1 Å². The largest absolute Gasteiger partial charge is 0.504 e. The number of ether oxygens (including phenoxy) is 1. The van der Waals surface area contributed by atoms with Crippen molar-refractivity contribution in [2.75, 3.05) is 12.0 Å². The number of hydrogen-bond donors (Lipinski definition) is 2. The Morgan fingerprint density at radius 3 is 2.22 bits per heavy atom. The highest BCUT2D eigenvalue weighted by Gasteiger charge is 2.51. The molecule has 4 bridgehead atoms. The van der Waals surface area contributed by atoms with Crippen LogP contribution in [-0.2, 0) is 15.0 Å². The number of aromatic hydroxyl groups is 1.